The first-order valence-electron chi connectivity index (χ1n) is 9.31. The van der Waals surface area contributed by atoms with Crippen molar-refractivity contribution < 1.29 is 17.6 Å². The molecule has 1 fully saturated rings. The molecule has 1 heterocycles. The molecular formula is C21H22FNO3S. The van der Waals surface area contributed by atoms with Crippen LogP contribution in [0.5, 0.6) is 0 Å². The number of benzene rings is 2. The minimum absolute atomic E-state index is 0.0263. The summed E-state index contributed by atoms with van der Waals surface area (Å²) in [4.78, 5) is 13.6. The first-order valence-corrected chi connectivity index (χ1v) is 11.0. The predicted molar refractivity (Wildman–Crippen MR) is 101 cm³/mol. The predicted octanol–water partition coefficient (Wildman–Crippen LogP) is 3.67. The molecule has 1 atom stereocenters. The number of rotatable bonds is 3. The minimum atomic E-state index is -3.29. The van der Waals surface area contributed by atoms with Crippen LogP contribution in [0, 0.1) is 5.82 Å². The zero-order valence-corrected chi connectivity index (χ0v) is 15.8. The number of carbonyl (C=O) groups excluding carboxylic acids is 1. The van der Waals surface area contributed by atoms with Crippen LogP contribution in [0.3, 0.4) is 0 Å². The van der Waals surface area contributed by atoms with E-state index in [1.165, 1.54) is 12.1 Å². The molecule has 1 saturated carbocycles. The Morgan fingerprint density at radius 3 is 2.41 bits per heavy atom. The molecule has 142 valence electrons. The molecule has 6 heteroatoms. The fourth-order valence-corrected chi connectivity index (χ4v) is 6.05. The SMILES string of the molecule is O=C(N[C@H]1CCS(=O)(=O)c2ccccc21)C1(c2ccc(F)cc2)CCCC1. The Morgan fingerprint density at radius 1 is 1.04 bits per heavy atom. The minimum Gasteiger partial charge on any atom is -0.348 e. The highest BCUT2D eigenvalue weighted by Crippen LogP contribution is 2.42. The summed E-state index contributed by atoms with van der Waals surface area (Å²) in [5.41, 5.74) is 0.818. The van der Waals surface area contributed by atoms with Crippen LogP contribution in [0.15, 0.2) is 53.4 Å². The summed E-state index contributed by atoms with van der Waals surface area (Å²) in [7, 11) is -3.29. The van der Waals surface area contributed by atoms with E-state index in [0.717, 1.165) is 31.2 Å². The van der Waals surface area contributed by atoms with E-state index in [-0.39, 0.29) is 23.5 Å². The molecule has 2 aromatic carbocycles. The van der Waals surface area contributed by atoms with E-state index in [0.29, 0.717) is 16.9 Å². The van der Waals surface area contributed by atoms with E-state index in [1.807, 2.05) is 0 Å². The fraction of sp³-hybridized carbons (Fsp3) is 0.381. The summed E-state index contributed by atoms with van der Waals surface area (Å²) in [5, 5.41) is 3.11. The average molecular weight is 387 g/mol. The molecule has 0 radical (unpaired) electrons. The third kappa shape index (κ3) is 3.16. The highest BCUT2D eigenvalue weighted by Gasteiger charge is 2.44. The lowest BCUT2D eigenvalue weighted by molar-refractivity contribution is -0.127. The van der Waals surface area contributed by atoms with Crippen molar-refractivity contribution in [3.8, 4) is 0 Å². The highest BCUT2D eigenvalue weighted by molar-refractivity contribution is 7.91. The number of carbonyl (C=O) groups is 1. The molecule has 1 aliphatic carbocycles. The first-order chi connectivity index (χ1) is 12.9. The number of amides is 1. The lowest BCUT2D eigenvalue weighted by Crippen LogP contribution is -2.45. The molecule has 4 nitrogen and oxygen atoms in total. The standard InChI is InChI=1S/C21H22FNO3S/c22-16-9-7-15(8-10-16)21(12-3-4-13-21)20(24)23-18-11-14-27(25,26)19-6-2-1-5-17(18)19/h1-2,5-10,18H,3-4,11-14H2,(H,23,24)/t18-/m0/s1. The third-order valence-electron chi connectivity index (χ3n) is 5.90. The molecule has 2 aromatic rings. The maximum absolute atomic E-state index is 13.4. The summed E-state index contributed by atoms with van der Waals surface area (Å²) >= 11 is 0. The quantitative estimate of drug-likeness (QED) is 0.874. The zero-order valence-electron chi connectivity index (χ0n) is 14.9. The number of fused-ring (bicyclic) bond motifs is 1. The normalized spacial score (nSPS) is 22.8. The van der Waals surface area contributed by atoms with E-state index in [9.17, 15) is 17.6 Å². The van der Waals surface area contributed by atoms with Gasteiger partial charge in [0.2, 0.25) is 5.91 Å². The molecule has 0 spiro atoms. The number of nitrogens with one attached hydrogen (secondary N) is 1. The molecule has 0 saturated heterocycles. The van der Waals surface area contributed by atoms with Crippen molar-refractivity contribution >= 4 is 15.7 Å². The number of sulfone groups is 1. The molecule has 1 amide bonds. The summed E-state index contributed by atoms with van der Waals surface area (Å²) in [6.45, 7) is 0. The molecular weight excluding hydrogens is 365 g/mol. The Morgan fingerprint density at radius 2 is 1.70 bits per heavy atom. The van der Waals surface area contributed by atoms with Crippen molar-refractivity contribution in [2.45, 2.75) is 48.5 Å². The van der Waals surface area contributed by atoms with Crippen LogP contribution in [-0.2, 0) is 20.0 Å². The van der Waals surface area contributed by atoms with Gasteiger partial charge < -0.3 is 5.32 Å². The van der Waals surface area contributed by atoms with Crippen LogP contribution in [-0.4, -0.2) is 20.1 Å². The molecule has 0 bridgehead atoms. The second-order valence-corrected chi connectivity index (χ2v) is 9.55. The lowest BCUT2D eigenvalue weighted by atomic mass is 9.77. The van der Waals surface area contributed by atoms with Crippen LogP contribution in [0.4, 0.5) is 4.39 Å². The van der Waals surface area contributed by atoms with Gasteiger partial charge in [0.15, 0.2) is 9.84 Å². The molecule has 27 heavy (non-hydrogen) atoms. The van der Waals surface area contributed by atoms with Gasteiger partial charge in [0.05, 0.1) is 22.1 Å². The Bertz CT molecular complexity index is 963. The molecule has 0 unspecified atom stereocenters. The van der Waals surface area contributed by atoms with Crippen molar-refractivity contribution in [2.75, 3.05) is 5.75 Å². The molecule has 0 aromatic heterocycles. The van der Waals surface area contributed by atoms with Gasteiger partial charge in [-0.2, -0.15) is 0 Å². The average Bonchev–Trinajstić information content (AvgIpc) is 3.16. The molecule has 2 aliphatic rings. The van der Waals surface area contributed by atoms with E-state index in [2.05, 4.69) is 5.32 Å². The van der Waals surface area contributed by atoms with Crippen molar-refractivity contribution in [3.05, 3.63) is 65.5 Å². The van der Waals surface area contributed by atoms with Gasteiger partial charge in [-0.05, 0) is 48.6 Å². The Balaban J connectivity index is 1.66. The van der Waals surface area contributed by atoms with Crippen LogP contribution >= 0.6 is 0 Å². The Labute approximate surface area is 158 Å². The van der Waals surface area contributed by atoms with Crippen LogP contribution in [0.2, 0.25) is 0 Å². The number of hydrogen-bond donors (Lipinski definition) is 1. The van der Waals surface area contributed by atoms with E-state index in [4.69, 9.17) is 0 Å². The topological polar surface area (TPSA) is 63.2 Å². The Hall–Kier alpha value is -2.21. The van der Waals surface area contributed by atoms with Gasteiger partial charge in [0, 0.05) is 0 Å². The first kappa shape index (κ1) is 18.2. The summed E-state index contributed by atoms with van der Waals surface area (Å²) in [6.07, 6.45) is 3.69. The van der Waals surface area contributed by atoms with E-state index < -0.39 is 15.3 Å². The van der Waals surface area contributed by atoms with Gasteiger partial charge in [-0.25, -0.2) is 12.8 Å². The van der Waals surface area contributed by atoms with Gasteiger partial charge in [-0.15, -0.1) is 0 Å². The summed E-state index contributed by atoms with van der Waals surface area (Å²) in [6, 6.07) is 12.7. The van der Waals surface area contributed by atoms with Gasteiger partial charge in [-0.3, -0.25) is 4.79 Å². The van der Waals surface area contributed by atoms with Crippen molar-refractivity contribution in [3.63, 3.8) is 0 Å². The van der Waals surface area contributed by atoms with Crippen LogP contribution in [0.25, 0.3) is 0 Å². The van der Waals surface area contributed by atoms with Crippen molar-refractivity contribution in [2.24, 2.45) is 0 Å². The fourth-order valence-electron chi connectivity index (χ4n) is 4.43. The maximum atomic E-state index is 13.4. The zero-order chi connectivity index (χ0) is 19.1. The van der Waals surface area contributed by atoms with Crippen LogP contribution < -0.4 is 5.32 Å². The summed E-state index contributed by atoms with van der Waals surface area (Å²) < 4.78 is 38.0. The molecule has 1 N–H and O–H groups in total. The van der Waals surface area contributed by atoms with Gasteiger partial charge in [0.25, 0.3) is 0 Å². The second-order valence-electron chi connectivity index (χ2n) is 7.47. The van der Waals surface area contributed by atoms with Crippen LogP contribution in [0.1, 0.15) is 49.3 Å². The molecule has 1 aliphatic heterocycles. The van der Waals surface area contributed by atoms with Gasteiger partial charge >= 0.3 is 0 Å². The Kier molecular flexibility index (Phi) is 4.54. The lowest BCUT2D eigenvalue weighted by Gasteiger charge is -2.33. The third-order valence-corrected chi connectivity index (χ3v) is 7.71. The largest absolute Gasteiger partial charge is 0.348 e. The smallest absolute Gasteiger partial charge is 0.231 e. The second kappa shape index (κ2) is 6.75. The maximum Gasteiger partial charge on any atom is 0.231 e. The van der Waals surface area contributed by atoms with Crippen molar-refractivity contribution in [1.29, 1.82) is 0 Å². The monoisotopic (exact) mass is 387 g/mol. The van der Waals surface area contributed by atoms with E-state index in [1.54, 1.807) is 36.4 Å². The molecule has 4 rings (SSSR count). The summed E-state index contributed by atoms with van der Waals surface area (Å²) in [5.74, 6) is -0.386. The van der Waals surface area contributed by atoms with Gasteiger partial charge in [0.1, 0.15) is 5.82 Å². The number of halogens is 1. The number of hydrogen-bond acceptors (Lipinski definition) is 3. The van der Waals surface area contributed by atoms with Crippen molar-refractivity contribution in [1.82, 2.24) is 5.32 Å². The van der Waals surface area contributed by atoms with Gasteiger partial charge in [-0.1, -0.05) is 43.2 Å². The van der Waals surface area contributed by atoms with E-state index >= 15 is 0 Å². The highest BCUT2D eigenvalue weighted by atomic mass is 32.2.